The van der Waals surface area contributed by atoms with Crippen LogP contribution >= 0.6 is 0 Å². The summed E-state index contributed by atoms with van der Waals surface area (Å²) in [7, 11) is 0. The first kappa shape index (κ1) is 22.7. The van der Waals surface area contributed by atoms with Gasteiger partial charge in [0.15, 0.2) is 0 Å². The molecule has 6 heteroatoms. The van der Waals surface area contributed by atoms with Gasteiger partial charge in [-0.25, -0.2) is 4.79 Å². The highest BCUT2D eigenvalue weighted by Gasteiger charge is 2.25. The van der Waals surface area contributed by atoms with Crippen molar-refractivity contribution in [2.75, 3.05) is 29.9 Å². The molecule has 1 heterocycles. The van der Waals surface area contributed by atoms with Gasteiger partial charge in [-0.1, -0.05) is 0 Å². The number of nitrogens with zero attached hydrogens (tertiary/aromatic N) is 1. The van der Waals surface area contributed by atoms with Crippen molar-refractivity contribution in [3.05, 3.63) is 24.3 Å². The molecule has 0 radical (unpaired) electrons. The van der Waals surface area contributed by atoms with Crippen LogP contribution in [0.5, 0.6) is 0 Å². The fraction of sp³-hybridized carbons (Fsp3) is 0.708. The minimum atomic E-state index is -0.445. The average Bonchev–Trinajstić information content (AvgIpc) is 2.65. The lowest BCUT2D eigenvalue weighted by Crippen LogP contribution is -2.45. The molecule has 30 heavy (non-hydrogen) atoms. The van der Waals surface area contributed by atoms with Crippen LogP contribution in [0.15, 0.2) is 24.3 Å². The third-order valence-corrected chi connectivity index (χ3v) is 5.81. The van der Waals surface area contributed by atoms with Gasteiger partial charge in [-0.15, -0.1) is 0 Å². The summed E-state index contributed by atoms with van der Waals surface area (Å²) in [6.07, 6.45) is 4.51. The lowest BCUT2D eigenvalue weighted by atomic mass is 9.86. The molecule has 6 nitrogen and oxygen atoms in total. The van der Waals surface area contributed by atoms with Crippen LogP contribution < -0.4 is 15.5 Å². The van der Waals surface area contributed by atoms with Crippen LogP contribution in [-0.2, 0) is 9.47 Å². The van der Waals surface area contributed by atoms with Crippen molar-refractivity contribution in [2.45, 2.75) is 84.2 Å². The number of ether oxygens (including phenoxy) is 2. The molecule has 1 saturated heterocycles. The van der Waals surface area contributed by atoms with E-state index in [9.17, 15) is 4.79 Å². The van der Waals surface area contributed by atoms with Gasteiger partial charge in [0.2, 0.25) is 0 Å². The van der Waals surface area contributed by atoms with E-state index in [1.54, 1.807) is 0 Å². The molecule has 1 saturated carbocycles. The lowest BCUT2D eigenvalue weighted by Gasteiger charge is -2.37. The number of hydrogen-bond donors (Lipinski definition) is 2. The van der Waals surface area contributed by atoms with E-state index in [2.05, 4.69) is 53.6 Å². The van der Waals surface area contributed by atoms with Gasteiger partial charge in [-0.3, -0.25) is 0 Å². The van der Waals surface area contributed by atoms with Gasteiger partial charge >= 0.3 is 6.09 Å². The highest BCUT2D eigenvalue weighted by atomic mass is 16.6. The first-order valence-electron chi connectivity index (χ1n) is 11.4. The van der Waals surface area contributed by atoms with E-state index in [1.165, 1.54) is 11.4 Å². The molecule has 0 bridgehead atoms. The van der Waals surface area contributed by atoms with Crippen LogP contribution in [0.4, 0.5) is 16.2 Å². The standard InChI is InChI=1S/C24H39N3O3/c1-17-15-27(16-18(2)29-17)22-12-10-20(11-13-22)25-14-19-6-8-21(9-7-19)26-23(28)30-24(3,4)5/h10-13,17-19,21,25H,6-9,14-16H2,1-5H3,(H,26,28). The highest BCUT2D eigenvalue weighted by Crippen LogP contribution is 2.26. The van der Waals surface area contributed by atoms with Gasteiger partial charge in [0.25, 0.3) is 0 Å². The molecule has 2 N–H and O–H groups in total. The van der Waals surface area contributed by atoms with Crippen LogP contribution in [0.2, 0.25) is 0 Å². The highest BCUT2D eigenvalue weighted by molar-refractivity contribution is 5.68. The normalized spacial score (nSPS) is 27.4. The molecule has 1 aromatic rings. The van der Waals surface area contributed by atoms with E-state index in [0.29, 0.717) is 5.92 Å². The van der Waals surface area contributed by atoms with E-state index < -0.39 is 5.60 Å². The number of benzene rings is 1. The minimum Gasteiger partial charge on any atom is -0.444 e. The van der Waals surface area contributed by atoms with Crippen LogP contribution in [0.3, 0.4) is 0 Å². The zero-order valence-corrected chi connectivity index (χ0v) is 19.2. The monoisotopic (exact) mass is 417 g/mol. The van der Waals surface area contributed by atoms with Gasteiger partial charge < -0.3 is 25.0 Å². The molecule has 0 aromatic heterocycles. The number of carbonyl (C=O) groups excluding carboxylic acids is 1. The number of anilines is 2. The van der Waals surface area contributed by atoms with Crippen LogP contribution in [0, 0.1) is 5.92 Å². The molecule has 2 fully saturated rings. The van der Waals surface area contributed by atoms with Crippen LogP contribution in [-0.4, -0.2) is 49.6 Å². The first-order valence-corrected chi connectivity index (χ1v) is 11.4. The molecular formula is C24H39N3O3. The Morgan fingerprint density at radius 1 is 1.07 bits per heavy atom. The van der Waals surface area contributed by atoms with Gasteiger partial charge in [-0.05, 0) is 90.5 Å². The maximum atomic E-state index is 11.9. The van der Waals surface area contributed by atoms with Gasteiger partial charge in [0, 0.05) is 37.1 Å². The summed E-state index contributed by atoms with van der Waals surface area (Å²) in [5, 5.41) is 6.61. The Kier molecular flexibility index (Phi) is 7.50. The average molecular weight is 418 g/mol. The molecule has 0 spiro atoms. The number of hydrogen-bond acceptors (Lipinski definition) is 5. The first-order chi connectivity index (χ1) is 14.2. The predicted octanol–water partition coefficient (Wildman–Crippen LogP) is 4.80. The number of amides is 1. The summed E-state index contributed by atoms with van der Waals surface area (Å²) in [6.45, 7) is 12.8. The van der Waals surface area contributed by atoms with Gasteiger partial charge in [0.1, 0.15) is 5.60 Å². The molecule has 2 atom stereocenters. The number of rotatable bonds is 5. The Bertz CT molecular complexity index is 668. The summed E-state index contributed by atoms with van der Waals surface area (Å²) in [5.41, 5.74) is 1.98. The van der Waals surface area contributed by atoms with Crippen LogP contribution in [0.25, 0.3) is 0 Å². The Labute approximate surface area is 181 Å². The zero-order chi connectivity index (χ0) is 21.7. The summed E-state index contributed by atoms with van der Waals surface area (Å²) in [4.78, 5) is 14.3. The fourth-order valence-electron chi connectivity index (χ4n) is 4.43. The maximum Gasteiger partial charge on any atom is 0.407 e. The van der Waals surface area contributed by atoms with E-state index in [1.807, 2.05) is 20.8 Å². The second-order valence-electron chi connectivity index (χ2n) is 9.95. The molecule has 1 aliphatic heterocycles. The van der Waals surface area contributed by atoms with Crippen molar-refractivity contribution < 1.29 is 14.3 Å². The van der Waals surface area contributed by atoms with Crippen molar-refractivity contribution in [3.8, 4) is 0 Å². The fourth-order valence-corrected chi connectivity index (χ4v) is 4.43. The Hall–Kier alpha value is -1.95. The molecule has 168 valence electrons. The largest absolute Gasteiger partial charge is 0.444 e. The van der Waals surface area contributed by atoms with Crippen molar-refractivity contribution in [1.29, 1.82) is 0 Å². The second-order valence-corrected chi connectivity index (χ2v) is 9.95. The second kappa shape index (κ2) is 9.90. The SMILES string of the molecule is CC1CN(c2ccc(NCC3CCC(NC(=O)OC(C)(C)C)CC3)cc2)CC(C)O1. The Morgan fingerprint density at radius 3 is 2.23 bits per heavy atom. The van der Waals surface area contributed by atoms with Gasteiger partial charge in [0.05, 0.1) is 12.2 Å². The molecule has 2 unspecified atom stereocenters. The van der Waals surface area contributed by atoms with Crippen molar-refractivity contribution >= 4 is 17.5 Å². The number of nitrogens with one attached hydrogen (secondary N) is 2. The quantitative estimate of drug-likeness (QED) is 0.721. The molecular weight excluding hydrogens is 378 g/mol. The van der Waals surface area contributed by atoms with Crippen molar-refractivity contribution in [1.82, 2.24) is 5.32 Å². The van der Waals surface area contributed by atoms with Crippen molar-refractivity contribution in [2.24, 2.45) is 5.92 Å². The van der Waals surface area contributed by atoms with E-state index >= 15 is 0 Å². The zero-order valence-electron chi connectivity index (χ0n) is 19.2. The third kappa shape index (κ3) is 7.08. The smallest absolute Gasteiger partial charge is 0.407 e. The summed E-state index contributed by atoms with van der Waals surface area (Å²) in [5.74, 6) is 0.641. The van der Waals surface area contributed by atoms with E-state index in [4.69, 9.17) is 9.47 Å². The van der Waals surface area contributed by atoms with Gasteiger partial charge in [-0.2, -0.15) is 0 Å². The van der Waals surface area contributed by atoms with Crippen molar-refractivity contribution in [3.63, 3.8) is 0 Å². The summed E-state index contributed by atoms with van der Waals surface area (Å²) >= 11 is 0. The predicted molar refractivity (Wildman–Crippen MR) is 122 cm³/mol. The molecule has 2 aliphatic rings. The van der Waals surface area contributed by atoms with E-state index in [-0.39, 0.29) is 24.3 Å². The molecule has 1 aliphatic carbocycles. The summed E-state index contributed by atoms with van der Waals surface area (Å²) < 4.78 is 11.2. The molecule has 3 rings (SSSR count). The maximum absolute atomic E-state index is 11.9. The third-order valence-electron chi connectivity index (χ3n) is 5.81. The van der Waals surface area contributed by atoms with Crippen LogP contribution in [0.1, 0.15) is 60.3 Å². The minimum absolute atomic E-state index is 0.230. The topological polar surface area (TPSA) is 62.8 Å². The molecule has 1 aromatic carbocycles. The Balaban J connectivity index is 1.39. The van der Waals surface area contributed by atoms with E-state index in [0.717, 1.165) is 45.3 Å². The number of carbonyl (C=O) groups is 1. The summed E-state index contributed by atoms with van der Waals surface area (Å²) in [6, 6.07) is 8.99. The number of alkyl carbamates (subject to hydrolysis) is 1. The Morgan fingerprint density at radius 2 is 1.67 bits per heavy atom. The number of morpholine rings is 1. The lowest BCUT2D eigenvalue weighted by molar-refractivity contribution is -0.00522. The molecule has 1 amide bonds.